The molecule has 0 aromatic heterocycles. The summed E-state index contributed by atoms with van der Waals surface area (Å²) in [6, 6.07) is 2.84. The quantitative estimate of drug-likeness (QED) is 0.614. The Kier molecular flexibility index (Phi) is 5.11. The Hall–Kier alpha value is -1.86. The van der Waals surface area contributed by atoms with Gasteiger partial charge in [-0.05, 0) is 32.9 Å². The number of hydrogen-bond acceptors (Lipinski definition) is 6. The Morgan fingerprint density at radius 2 is 1.57 bits per heavy atom. The maximum absolute atomic E-state index is 12.3. The molecule has 0 N–H and O–H groups in total. The Labute approximate surface area is 143 Å². The molecule has 23 heavy (non-hydrogen) atoms. The van der Waals surface area contributed by atoms with E-state index in [1.54, 1.807) is 0 Å². The summed E-state index contributed by atoms with van der Waals surface area (Å²) in [5.74, 6) is -0.615. The molecule has 0 saturated carbocycles. The van der Waals surface area contributed by atoms with Gasteiger partial charge < -0.3 is 0 Å². The highest BCUT2D eigenvalue weighted by Crippen LogP contribution is 2.34. The van der Waals surface area contributed by atoms with E-state index in [1.807, 2.05) is 0 Å². The van der Waals surface area contributed by atoms with Crippen molar-refractivity contribution in [1.29, 1.82) is 0 Å². The summed E-state index contributed by atoms with van der Waals surface area (Å²) in [5, 5.41) is 0. The monoisotopic (exact) mass is 349 g/mol. The van der Waals surface area contributed by atoms with Gasteiger partial charge in [0.1, 0.15) is 4.32 Å². The van der Waals surface area contributed by atoms with Gasteiger partial charge in [-0.15, -0.1) is 0 Å². The first-order chi connectivity index (χ1) is 10.7. The van der Waals surface area contributed by atoms with Crippen LogP contribution in [0.2, 0.25) is 0 Å². The largest absolute Gasteiger partial charge is 0.295 e. The van der Waals surface area contributed by atoms with Crippen molar-refractivity contribution in [1.82, 2.24) is 0 Å². The molecule has 1 aromatic rings. The molecule has 0 bridgehead atoms. The molecule has 1 amide bonds. The van der Waals surface area contributed by atoms with Crippen molar-refractivity contribution in [2.45, 2.75) is 27.2 Å². The molecule has 0 spiro atoms. The average molecular weight is 349 g/mol. The van der Waals surface area contributed by atoms with Crippen LogP contribution in [-0.2, 0) is 4.79 Å². The van der Waals surface area contributed by atoms with Crippen LogP contribution >= 0.6 is 24.0 Å². The summed E-state index contributed by atoms with van der Waals surface area (Å²) < 4.78 is 0.307. The number of Topliss-reactive ketones (excluding diaryl/α,β-unsaturated/α-hetero) is 3. The van der Waals surface area contributed by atoms with E-state index in [0.717, 1.165) is 0 Å². The van der Waals surface area contributed by atoms with Gasteiger partial charge in [0, 0.05) is 28.9 Å². The summed E-state index contributed by atoms with van der Waals surface area (Å²) in [4.78, 5) is 49.4. The van der Waals surface area contributed by atoms with Crippen molar-refractivity contribution < 1.29 is 19.2 Å². The second-order valence-corrected chi connectivity index (χ2v) is 6.91. The van der Waals surface area contributed by atoms with Gasteiger partial charge in [-0.3, -0.25) is 24.1 Å². The molecule has 1 aliphatic rings. The SMILES string of the molecule is CC(=O)c1cc(C(C)=O)c(N2C(=O)CCSC2=S)c(C(C)=O)c1. The van der Waals surface area contributed by atoms with Gasteiger partial charge in [0.2, 0.25) is 5.91 Å². The van der Waals surface area contributed by atoms with E-state index in [-0.39, 0.29) is 52.1 Å². The van der Waals surface area contributed by atoms with Crippen molar-refractivity contribution in [2.75, 3.05) is 10.7 Å². The number of nitrogens with zero attached hydrogens (tertiary/aromatic N) is 1. The summed E-state index contributed by atoms with van der Waals surface area (Å²) in [6.45, 7) is 4.02. The summed E-state index contributed by atoms with van der Waals surface area (Å²) >= 11 is 6.56. The number of thiocarbonyl (C=S) groups is 1. The van der Waals surface area contributed by atoms with E-state index in [2.05, 4.69) is 0 Å². The lowest BCUT2D eigenvalue weighted by Crippen LogP contribution is -2.40. The molecule has 0 atom stereocenters. The second kappa shape index (κ2) is 6.72. The molecule has 7 heteroatoms. The minimum absolute atomic E-state index is 0.154. The predicted octanol–water partition coefficient (Wildman–Crippen LogP) is 3.05. The van der Waals surface area contributed by atoms with Crippen LogP contribution in [0.5, 0.6) is 0 Å². The first kappa shape index (κ1) is 17.5. The van der Waals surface area contributed by atoms with E-state index < -0.39 is 0 Å². The standard InChI is InChI=1S/C16H15NO4S2/c1-8(18)11-6-12(9(2)19)15(13(7-11)10(3)20)17-14(21)4-5-23-16(17)22/h6-7H,4-5H2,1-3H3. The molecule has 1 saturated heterocycles. The third-order valence-electron chi connectivity index (χ3n) is 3.47. The van der Waals surface area contributed by atoms with Gasteiger partial charge in [0.25, 0.3) is 0 Å². The van der Waals surface area contributed by atoms with Crippen molar-refractivity contribution in [3.05, 3.63) is 28.8 Å². The lowest BCUT2D eigenvalue weighted by atomic mass is 9.95. The van der Waals surface area contributed by atoms with Crippen LogP contribution in [0.25, 0.3) is 0 Å². The van der Waals surface area contributed by atoms with E-state index >= 15 is 0 Å². The summed E-state index contributed by atoms with van der Waals surface area (Å²) in [5.41, 5.74) is 0.756. The van der Waals surface area contributed by atoms with Crippen LogP contribution < -0.4 is 4.90 Å². The van der Waals surface area contributed by atoms with Crippen LogP contribution in [0.1, 0.15) is 58.3 Å². The van der Waals surface area contributed by atoms with Gasteiger partial charge in [0.15, 0.2) is 17.3 Å². The van der Waals surface area contributed by atoms with E-state index in [1.165, 1.54) is 49.6 Å². The topological polar surface area (TPSA) is 71.5 Å². The van der Waals surface area contributed by atoms with E-state index in [9.17, 15) is 19.2 Å². The van der Waals surface area contributed by atoms with Crippen molar-refractivity contribution >= 4 is 57.2 Å². The van der Waals surface area contributed by atoms with Crippen LogP contribution in [0, 0.1) is 0 Å². The number of amides is 1. The third-order valence-corrected chi connectivity index (χ3v) is 4.85. The minimum atomic E-state index is -0.336. The number of thioether (sulfide) groups is 1. The zero-order valence-electron chi connectivity index (χ0n) is 13.0. The van der Waals surface area contributed by atoms with Crippen molar-refractivity contribution in [2.24, 2.45) is 0 Å². The van der Waals surface area contributed by atoms with E-state index in [0.29, 0.717) is 10.1 Å². The first-order valence-corrected chi connectivity index (χ1v) is 8.34. The smallest absolute Gasteiger partial charge is 0.233 e. The third kappa shape index (κ3) is 3.40. The highest BCUT2D eigenvalue weighted by Gasteiger charge is 2.31. The molecule has 2 rings (SSSR count). The highest BCUT2D eigenvalue weighted by atomic mass is 32.2. The van der Waals surface area contributed by atoms with Gasteiger partial charge >= 0.3 is 0 Å². The number of carbonyl (C=O) groups excluding carboxylic acids is 4. The number of hydrogen-bond donors (Lipinski definition) is 0. The maximum atomic E-state index is 12.3. The number of carbonyl (C=O) groups is 4. The normalized spacial score (nSPS) is 14.8. The molecule has 0 radical (unpaired) electrons. The number of ketones is 3. The Morgan fingerprint density at radius 3 is 1.96 bits per heavy atom. The Morgan fingerprint density at radius 1 is 1.04 bits per heavy atom. The molecular weight excluding hydrogens is 334 g/mol. The van der Waals surface area contributed by atoms with Crippen LogP contribution in [0.15, 0.2) is 12.1 Å². The molecule has 1 fully saturated rings. The maximum Gasteiger partial charge on any atom is 0.233 e. The molecule has 1 aromatic carbocycles. The highest BCUT2D eigenvalue weighted by molar-refractivity contribution is 8.23. The number of anilines is 1. The van der Waals surface area contributed by atoms with Crippen LogP contribution in [-0.4, -0.2) is 33.3 Å². The van der Waals surface area contributed by atoms with Gasteiger partial charge in [-0.25, -0.2) is 0 Å². The lowest BCUT2D eigenvalue weighted by molar-refractivity contribution is -0.117. The van der Waals surface area contributed by atoms with Gasteiger partial charge in [0.05, 0.1) is 5.69 Å². The Balaban J connectivity index is 2.81. The number of rotatable bonds is 4. The lowest BCUT2D eigenvalue weighted by Gasteiger charge is -2.30. The fourth-order valence-corrected chi connectivity index (χ4v) is 3.55. The van der Waals surface area contributed by atoms with Gasteiger partial charge in [-0.1, -0.05) is 24.0 Å². The van der Waals surface area contributed by atoms with Crippen molar-refractivity contribution in [3.8, 4) is 0 Å². The van der Waals surface area contributed by atoms with Gasteiger partial charge in [-0.2, -0.15) is 0 Å². The molecule has 1 aliphatic heterocycles. The zero-order valence-corrected chi connectivity index (χ0v) is 14.6. The molecule has 0 aliphatic carbocycles. The predicted molar refractivity (Wildman–Crippen MR) is 93.6 cm³/mol. The molecule has 1 heterocycles. The van der Waals surface area contributed by atoms with Crippen LogP contribution in [0.3, 0.4) is 0 Å². The first-order valence-electron chi connectivity index (χ1n) is 6.94. The fourth-order valence-electron chi connectivity index (χ4n) is 2.34. The van der Waals surface area contributed by atoms with Crippen molar-refractivity contribution in [3.63, 3.8) is 0 Å². The van der Waals surface area contributed by atoms with Crippen LogP contribution in [0.4, 0.5) is 5.69 Å². The molecule has 0 unspecified atom stereocenters. The summed E-state index contributed by atoms with van der Waals surface area (Å²) in [6.07, 6.45) is 0.272. The zero-order chi connectivity index (χ0) is 17.3. The summed E-state index contributed by atoms with van der Waals surface area (Å²) in [7, 11) is 0. The second-order valence-electron chi connectivity index (χ2n) is 5.18. The average Bonchev–Trinajstić information content (AvgIpc) is 2.46. The molecular formula is C16H15NO4S2. The molecule has 5 nitrogen and oxygen atoms in total. The van der Waals surface area contributed by atoms with E-state index in [4.69, 9.17) is 12.2 Å². The molecule has 120 valence electrons. The fraction of sp³-hybridized carbons (Fsp3) is 0.312. The number of benzene rings is 1. The minimum Gasteiger partial charge on any atom is -0.295 e. The Bertz CT molecular complexity index is 703.